The standard InChI is InChI=1S/C23H26N4O4/c1-30-22(28)17-7-5-15(6-8-17)9-12-27-13-10-16(11-14-27)21-25-18-3-2-4-19(20(18)26-21)31-23(24)29/h2-8,16H,9-14H2,1H3,(H2,24,29)(H,25,26). The quantitative estimate of drug-likeness (QED) is 0.590. The smallest absolute Gasteiger partial charge is 0.410 e. The molecule has 0 aliphatic carbocycles. The Morgan fingerprint density at radius 3 is 2.58 bits per heavy atom. The summed E-state index contributed by atoms with van der Waals surface area (Å²) in [5, 5.41) is 0. The number of fused-ring (bicyclic) bond motifs is 1. The van der Waals surface area contributed by atoms with Crippen molar-refractivity contribution >= 4 is 23.1 Å². The third-order valence-corrected chi connectivity index (χ3v) is 5.77. The normalized spacial score (nSPS) is 15.1. The van der Waals surface area contributed by atoms with E-state index in [-0.39, 0.29) is 5.97 Å². The van der Waals surface area contributed by atoms with Crippen LogP contribution in [0.1, 0.15) is 40.5 Å². The average Bonchev–Trinajstić information content (AvgIpc) is 3.23. The number of imidazole rings is 1. The van der Waals surface area contributed by atoms with Crippen LogP contribution in [0.2, 0.25) is 0 Å². The summed E-state index contributed by atoms with van der Waals surface area (Å²) in [5.41, 5.74) is 8.40. The zero-order valence-corrected chi connectivity index (χ0v) is 17.5. The average molecular weight is 422 g/mol. The molecule has 0 bridgehead atoms. The van der Waals surface area contributed by atoms with Crippen molar-refractivity contribution in [3.8, 4) is 5.75 Å². The molecule has 2 heterocycles. The summed E-state index contributed by atoms with van der Waals surface area (Å²) in [4.78, 5) is 33.2. The lowest BCUT2D eigenvalue weighted by atomic mass is 9.96. The van der Waals surface area contributed by atoms with Crippen LogP contribution >= 0.6 is 0 Å². The number of benzene rings is 2. The maximum absolute atomic E-state index is 11.5. The number of carbonyl (C=O) groups excluding carboxylic acids is 2. The highest BCUT2D eigenvalue weighted by Gasteiger charge is 2.23. The Morgan fingerprint density at radius 1 is 1.16 bits per heavy atom. The Kier molecular flexibility index (Phi) is 6.18. The molecule has 31 heavy (non-hydrogen) atoms. The number of piperidine rings is 1. The number of para-hydroxylation sites is 1. The molecule has 2 aromatic carbocycles. The fraction of sp³-hybridized carbons (Fsp3) is 0.348. The van der Waals surface area contributed by atoms with E-state index >= 15 is 0 Å². The maximum atomic E-state index is 11.5. The molecule has 1 saturated heterocycles. The zero-order valence-electron chi connectivity index (χ0n) is 17.5. The number of nitrogens with one attached hydrogen (secondary N) is 1. The van der Waals surface area contributed by atoms with E-state index in [0.717, 1.165) is 50.2 Å². The molecule has 0 atom stereocenters. The highest BCUT2D eigenvalue weighted by atomic mass is 16.5. The molecule has 0 saturated carbocycles. The minimum Gasteiger partial charge on any atom is -0.465 e. The van der Waals surface area contributed by atoms with Crippen LogP contribution in [0.4, 0.5) is 4.79 Å². The van der Waals surface area contributed by atoms with Gasteiger partial charge in [0.25, 0.3) is 0 Å². The predicted molar refractivity (Wildman–Crippen MR) is 116 cm³/mol. The van der Waals surface area contributed by atoms with Gasteiger partial charge >= 0.3 is 12.1 Å². The molecule has 162 valence electrons. The second-order valence-corrected chi connectivity index (χ2v) is 7.75. The topological polar surface area (TPSA) is 111 Å². The number of nitrogens with two attached hydrogens (primary N) is 1. The molecule has 1 fully saturated rings. The van der Waals surface area contributed by atoms with Crippen molar-refractivity contribution in [2.75, 3.05) is 26.7 Å². The van der Waals surface area contributed by atoms with E-state index in [0.29, 0.717) is 22.7 Å². The SMILES string of the molecule is COC(=O)c1ccc(CCN2CCC(c3nc4c(OC(N)=O)cccc4[nH]3)CC2)cc1. The van der Waals surface area contributed by atoms with Crippen LogP contribution in [-0.4, -0.2) is 53.7 Å². The fourth-order valence-corrected chi connectivity index (χ4v) is 4.05. The van der Waals surface area contributed by atoms with Crippen LogP contribution in [0, 0.1) is 0 Å². The van der Waals surface area contributed by atoms with Gasteiger partial charge in [-0.3, -0.25) is 0 Å². The monoisotopic (exact) mass is 422 g/mol. The number of aromatic amines is 1. The molecular formula is C23H26N4O4. The van der Waals surface area contributed by atoms with Crippen LogP contribution in [0.5, 0.6) is 5.75 Å². The number of hydrogen-bond acceptors (Lipinski definition) is 6. The lowest BCUT2D eigenvalue weighted by molar-refractivity contribution is 0.0600. The third kappa shape index (κ3) is 4.86. The van der Waals surface area contributed by atoms with Gasteiger partial charge < -0.3 is 25.1 Å². The Balaban J connectivity index is 1.32. The van der Waals surface area contributed by atoms with Gasteiger partial charge in [0.15, 0.2) is 5.75 Å². The van der Waals surface area contributed by atoms with Crippen molar-refractivity contribution in [3.63, 3.8) is 0 Å². The molecule has 4 rings (SSSR count). The van der Waals surface area contributed by atoms with Gasteiger partial charge in [-0.25, -0.2) is 14.6 Å². The van der Waals surface area contributed by atoms with E-state index in [1.165, 1.54) is 12.7 Å². The summed E-state index contributed by atoms with van der Waals surface area (Å²) < 4.78 is 9.81. The molecule has 3 aromatic rings. The second-order valence-electron chi connectivity index (χ2n) is 7.75. The van der Waals surface area contributed by atoms with E-state index in [1.54, 1.807) is 6.07 Å². The van der Waals surface area contributed by atoms with Crippen LogP contribution in [-0.2, 0) is 11.2 Å². The summed E-state index contributed by atoms with van der Waals surface area (Å²) in [5.74, 6) is 1.33. The van der Waals surface area contributed by atoms with Crippen LogP contribution in [0.3, 0.4) is 0 Å². The summed E-state index contributed by atoms with van der Waals surface area (Å²) in [6.07, 6.45) is 2.11. The van der Waals surface area contributed by atoms with Gasteiger partial charge in [-0.2, -0.15) is 0 Å². The Hall–Kier alpha value is -3.39. The Bertz CT molecular complexity index is 1070. The van der Waals surface area contributed by atoms with E-state index in [9.17, 15) is 9.59 Å². The lowest BCUT2D eigenvalue weighted by Gasteiger charge is -2.31. The number of H-pyrrole nitrogens is 1. The van der Waals surface area contributed by atoms with Crippen molar-refractivity contribution in [1.29, 1.82) is 0 Å². The van der Waals surface area contributed by atoms with Gasteiger partial charge in [0.05, 0.1) is 18.2 Å². The number of nitrogens with zero attached hydrogens (tertiary/aromatic N) is 2. The lowest BCUT2D eigenvalue weighted by Crippen LogP contribution is -2.34. The number of hydrogen-bond donors (Lipinski definition) is 2. The molecule has 1 amide bonds. The number of likely N-dealkylation sites (tertiary alicyclic amines) is 1. The number of carbonyl (C=O) groups is 2. The number of primary amides is 1. The molecule has 1 aromatic heterocycles. The number of rotatable bonds is 6. The van der Waals surface area contributed by atoms with Crippen molar-refractivity contribution in [1.82, 2.24) is 14.9 Å². The van der Waals surface area contributed by atoms with Gasteiger partial charge in [0.2, 0.25) is 0 Å². The van der Waals surface area contributed by atoms with Gasteiger partial charge in [0.1, 0.15) is 11.3 Å². The molecule has 0 unspecified atom stereocenters. The van der Waals surface area contributed by atoms with Crippen LogP contribution in [0.15, 0.2) is 42.5 Å². The maximum Gasteiger partial charge on any atom is 0.410 e. The minimum atomic E-state index is -0.842. The van der Waals surface area contributed by atoms with Crippen LogP contribution in [0.25, 0.3) is 11.0 Å². The zero-order chi connectivity index (χ0) is 21.8. The van der Waals surface area contributed by atoms with E-state index in [4.69, 9.17) is 20.2 Å². The van der Waals surface area contributed by atoms with Crippen molar-refractivity contribution in [2.24, 2.45) is 5.73 Å². The number of methoxy groups -OCH3 is 1. The highest BCUT2D eigenvalue weighted by molar-refractivity contribution is 5.89. The van der Waals surface area contributed by atoms with Crippen molar-refractivity contribution in [3.05, 3.63) is 59.4 Å². The highest BCUT2D eigenvalue weighted by Crippen LogP contribution is 2.30. The van der Waals surface area contributed by atoms with E-state index in [2.05, 4.69) is 9.88 Å². The molecule has 0 spiro atoms. The Morgan fingerprint density at radius 2 is 1.90 bits per heavy atom. The third-order valence-electron chi connectivity index (χ3n) is 5.77. The largest absolute Gasteiger partial charge is 0.465 e. The molecule has 8 nitrogen and oxygen atoms in total. The Labute approximate surface area is 180 Å². The number of amides is 1. The van der Waals surface area contributed by atoms with Gasteiger partial charge in [0, 0.05) is 12.5 Å². The van der Waals surface area contributed by atoms with Crippen LogP contribution < -0.4 is 10.5 Å². The molecule has 1 aliphatic rings. The second kappa shape index (κ2) is 9.18. The van der Waals surface area contributed by atoms with Gasteiger partial charge in [-0.15, -0.1) is 0 Å². The molecule has 1 aliphatic heterocycles. The number of ether oxygens (including phenoxy) is 2. The first-order chi connectivity index (χ1) is 15.0. The summed E-state index contributed by atoms with van der Waals surface area (Å²) in [6.45, 7) is 2.96. The summed E-state index contributed by atoms with van der Waals surface area (Å²) in [7, 11) is 1.39. The number of aromatic nitrogens is 2. The first-order valence-corrected chi connectivity index (χ1v) is 10.4. The molecular weight excluding hydrogens is 396 g/mol. The first kappa shape index (κ1) is 20.9. The minimum absolute atomic E-state index is 0.312. The molecule has 0 radical (unpaired) electrons. The van der Waals surface area contributed by atoms with E-state index < -0.39 is 6.09 Å². The van der Waals surface area contributed by atoms with Crippen molar-refractivity contribution < 1.29 is 19.1 Å². The van der Waals surface area contributed by atoms with Gasteiger partial charge in [-0.1, -0.05) is 18.2 Å². The van der Waals surface area contributed by atoms with Gasteiger partial charge in [-0.05, 0) is 62.2 Å². The fourth-order valence-electron chi connectivity index (χ4n) is 4.05. The molecule has 3 N–H and O–H groups in total. The summed E-state index contributed by atoms with van der Waals surface area (Å²) >= 11 is 0. The molecule has 8 heteroatoms. The van der Waals surface area contributed by atoms with Crippen molar-refractivity contribution in [2.45, 2.75) is 25.2 Å². The van der Waals surface area contributed by atoms with E-state index in [1.807, 2.05) is 36.4 Å². The summed E-state index contributed by atoms with van der Waals surface area (Å²) in [6, 6.07) is 13.0. The predicted octanol–water partition coefficient (Wildman–Crippen LogP) is 3.23. The number of esters is 1. The first-order valence-electron chi connectivity index (χ1n) is 10.4.